The van der Waals surface area contributed by atoms with Gasteiger partial charge in [-0.2, -0.15) is 0 Å². The van der Waals surface area contributed by atoms with Crippen LogP contribution in [0.15, 0.2) is 0 Å². The molecule has 1 amide bonds. The van der Waals surface area contributed by atoms with Gasteiger partial charge in [-0.1, -0.05) is 0 Å². The van der Waals surface area contributed by atoms with Crippen LogP contribution in [0.4, 0.5) is 0 Å². The number of carbonyl (C=O) groups is 1. The summed E-state index contributed by atoms with van der Waals surface area (Å²) in [7, 11) is 0. The molecular formula is C15H29Cl2N3O2. The van der Waals surface area contributed by atoms with Crippen LogP contribution in [0.25, 0.3) is 0 Å². The Morgan fingerprint density at radius 2 is 1.86 bits per heavy atom. The van der Waals surface area contributed by atoms with E-state index in [2.05, 4.69) is 15.1 Å². The van der Waals surface area contributed by atoms with E-state index in [1.165, 1.54) is 19.3 Å². The molecule has 3 heterocycles. The lowest BCUT2D eigenvalue weighted by Crippen LogP contribution is -2.47. The highest BCUT2D eigenvalue weighted by Gasteiger charge is 2.31. The van der Waals surface area contributed by atoms with Gasteiger partial charge >= 0.3 is 0 Å². The van der Waals surface area contributed by atoms with Crippen LogP contribution in [0.5, 0.6) is 0 Å². The van der Waals surface area contributed by atoms with Crippen molar-refractivity contribution in [3.8, 4) is 0 Å². The van der Waals surface area contributed by atoms with Crippen LogP contribution in [-0.4, -0.2) is 73.7 Å². The van der Waals surface area contributed by atoms with Crippen molar-refractivity contribution in [2.75, 3.05) is 45.9 Å². The van der Waals surface area contributed by atoms with Gasteiger partial charge in [0, 0.05) is 44.7 Å². The molecule has 0 spiro atoms. The average Bonchev–Trinajstić information content (AvgIpc) is 3.11. The first-order chi connectivity index (χ1) is 9.83. The number of amides is 1. The number of likely N-dealkylation sites (tertiary alicyclic amines) is 1. The van der Waals surface area contributed by atoms with Crippen LogP contribution in [-0.2, 0) is 9.53 Å². The number of carbonyl (C=O) groups excluding carboxylic acids is 1. The smallest absolute Gasteiger partial charge is 0.224 e. The highest BCUT2D eigenvalue weighted by Crippen LogP contribution is 2.21. The molecule has 7 heteroatoms. The summed E-state index contributed by atoms with van der Waals surface area (Å²) in [6.45, 7) is 6.79. The Morgan fingerprint density at radius 3 is 2.55 bits per heavy atom. The number of halogens is 2. The summed E-state index contributed by atoms with van der Waals surface area (Å²) >= 11 is 0. The van der Waals surface area contributed by atoms with Crippen molar-refractivity contribution in [1.82, 2.24) is 15.1 Å². The molecule has 0 saturated carbocycles. The lowest BCUT2D eigenvalue weighted by Gasteiger charge is -2.33. The van der Waals surface area contributed by atoms with E-state index < -0.39 is 0 Å². The third kappa shape index (κ3) is 5.24. The Labute approximate surface area is 145 Å². The molecule has 0 radical (unpaired) electrons. The number of ether oxygens (including phenoxy) is 1. The maximum Gasteiger partial charge on any atom is 0.224 e. The molecule has 3 saturated heterocycles. The largest absolute Gasteiger partial charge is 0.379 e. The van der Waals surface area contributed by atoms with Crippen molar-refractivity contribution >= 4 is 30.7 Å². The number of nitrogens with one attached hydrogen (secondary N) is 1. The van der Waals surface area contributed by atoms with E-state index in [4.69, 9.17) is 4.74 Å². The second-order valence-electron chi connectivity index (χ2n) is 6.29. The Kier molecular flexibility index (Phi) is 9.02. The van der Waals surface area contributed by atoms with Crippen molar-refractivity contribution in [1.29, 1.82) is 0 Å². The molecule has 1 N–H and O–H groups in total. The van der Waals surface area contributed by atoms with E-state index in [-0.39, 0.29) is 24.8 Å². The Hall–Kier alpha value is -0.0700. The molecule has 0 aliphatic carbocycles. The number of morpholine rings is 1. The van der Waals surface area contributed by atoms with Gasteiger partial charge in [0.25, 0.3) is 0 Å². The number of hydrogen-bond donors (Lipinski definition) is 1. The maximum absolute atomic E-state index is 12.5. The van der Waals surface area contributed by atoms with E-state index in [0.717, 1.165) is 52.4 Å². The van der Waals surface area contributed by atoms with Gasteiger partial charge in [-0.15, -0.1) is 24.8 Å². The Balaban J connectivity index is 0.00000121. The molecule has 22 heavy (non-hydrogen) atoms. The molecule has 3 fully saturated rings. The fourth-order valence-corrected chi connectivity index (χ4v) is 3.69. The summed E-state index contributed by atoms with van der Waals surface area (Å²) < 4.78 is 5.40. The van der Waals surface area contributed by atoms with Crippen LogP contribution < -0.4 is 5.32 Å². The molecule has 3 aliphatic rings. The fourth-order valence-electron chi connectivity index (χ4n) is 3.69. The second kappa shape index (κ2) is 9.93. The fraction of sp³-hybridized carbons (Fsp3) is 0.933. The van der Waals surface area contributed by atoms with Gasteiger partial charge in [0.05, 0.1) is 13.2 Å². The number of rotatable bonds is 4. The molecule has 0 aromatic heterocycles. The van der Waals surface area contributed by atoms with E-state index in [1.807, 2.05) is 0 Å². The summed E-state index contributed by atoms with van der Waals surface area (Å²) in [4.78, 5) is 17.1. The van der Waals surface area contributed by atoms with E-state index in [9.17, 15) is 4.79 Å². The lowest BCUT2D eigenvalue weighted by atomic mass is 10.1. The van der Waals surface area contributed by atoms with Crippen molar-refractivity contribution in [3.05, 3.63) is 0 Å². The lowest BCUT2D eigenvalue weighted by molar-refractivity contribution is -0.133. The minimum absolute atomic E-state index is 0. The van der Waals surface area contributed by atoms with E-state index in [0.29, 0.717) is 24.4 Å². The summed E-state index contributed by atoms with van der Waals surface area (Å²) in [5.41, 5.74) is 0. The zero-order valence-corrected chi connectivity index (χ0v) is 14.8. The Morgan fingerprint density at radius 1 is 1.09 bits per heavy atom. The standard InChI is InChI=1S/C15H27N3O2.2ClH/c19-15(11-13-3-1-5-16-13)18-6-2-4-14(18)12-17-7-9-20-10-8-17;;/h13-14,16H,1-12H2;2*1H. The van der Waals surface area contributed by atoms with Gasteiger partial charge in [0.1, 0.15) is 0 Å². The molecular weight excluding hydrogens is 325 g/mol. The average molecular weight is 354 g/mol. The van der Waals surface area contributed by atoms with Gasteiger partial charge in [-0.05, 0) is 32.2 Å². The molecule has 2 unspecified atom stereocenters. The molecule has 5 nitrogen and oxygen atoms in total. The van der Waals surface area contributed by atoms with Gasteiger partial charge in [0.15, 0.2) is 0 Å². The molecule has 3 aliphatic heterocycles. The summed E-state index contributed by atoms with van der Waals surface area (Å²) in [6.07, 6.45) is 5.41. The maximum atomic E-state index is 12.5. The van der Waals surface area contributed by atoms with Crippen LogP contribution in [0.1, 0.15) is 32.1 Å². The third-order valence-electron chi connectivity index (χ3n) is 4.85. The quantitative estimate of drug-likeness (QED) is 0.827. The predicted octanol–water partition coefficient (Wildman–Crippen LogP) is 1.30. The summed E-state index contributed by atoms with van der Waals surface area (Å²) in [5.74, 6) is 0.361. The minimum atomic E-state index is 0. The minimum Gasteiger partial charge on any atom is -0.379 e. The monoisotopic (exact) mass is 353 g/mol. The second-order valence-corrected chi connectivity index (χ2v) is 6.29. The van der Waals surface area contributed by atoms with Crippen LogP contribution in [0.3, 0.4) is 0 Å². The number of nitrogens with zero attached hydrogens (tertiary/aromatic N) is 2. The highest BCUT2D eigenvalue weighted by atomic mass is 35.5. The molecule has 3 rings (SSSR count). The zero-order chi connectivity index (χ0) is 13.8. The predicted molar refractivity (Wildman–Crippen MR) is 92.1 cm³/mol. The summed E-state index contributed by atoms with van der Waals surface area (Å²) in [6, 6.07) is 0.856. The van der Waals surface area contributed by atoms with Gasteiger partial charge < -0.3 is 15.0 Å². The first-order valence-electron chi connectivity index (χ1n) is 8.16. The molecule has 130 valence electrons. The van der Waals surface area contributed by atoms with E-state index in [1.54, 1.807) is 0 Å². The first kappa shape index (κ1) is 20.0. The van der Waals surface area contributed by atoms with Gasteiger partial charge in [0.2, 0.25) is 5.91 Å². The topological polar surface area (TPSA) is 44.8 Å². The SMILES string of the molecule is Cl.Cl.O=C(CC1CCCN1)N1CCCC1CN1CCOCC1. The molecule has 0 aromatic carbocycles. The van der Waals surface area contributed by atoms with Crippen molar-refractivity contribution in [3.63, 3.8) is 0 Å². The summed E-state index contributed by atoms with van der Waals surface area (Å²) in [5, 5.41) is 3.43. The zero-order valence-electron chi connectivity index (χ0n) is 13.2. The Bertz CT molecular complexity index is 335. The third-order valence-corrected chi connectivity index (χ3v) is 4.85. The van der Waals surface area contributed by atoms with Crippen molar-refractivity contribution in [2.45, 2.75) is 44.2 Å². The molecule has 0 aromatic rings. The normalized spacial score (nSPS) is 29.0. The first-order valence-corrected chi connectivity index (χ1v) is 8.16. The molecule has 0 bridgehead atoms. The van der Waals surface area contributed by atoms with Crippen molar-refractivity contribution in [2.24, 2.45) is 0 Å². The highest BCUT2D eigenvalue weighted by molar-refractivity contribution is 5.85. The van der Waals surface area contributed by atoms with Crippen LogP contribution >= 0.6 is 24.8 Å². The van der Waals surface area contributed by atoms with E-state index >= 15 is 0 Å². The molecule has 2 atom stereocenters. The van der Waals surface area contributed by atoms with Crippen LogP contribution in [0, 0.1) is 0 Å². The number of hydrogen-bond acceptors (Lipinski definition) is 4. The van der Waals surface area contributed by atoms with Gasteiger partial charge in [-0.3, -0.25) is 9.69 Å². The van der Waals surface area contributed by atoms with Crippen LogP contribution in [0.2, 0.25) is 0 Å². The van der Waals surface area contributed by atoms with Crippen molar-refractivity contribution < 1.29 is 9.53 Å². The van der Waals surface area contributed by atoms with Gasteiger partial charge in [-0.25, -0.2) is 0 Å².